The minimum Gasteiger partial charge on any atom is -0.454 e. The number of aliphatic hydroxyl groups is 1. The Balaban J connectivity index is 1.35. The van der Waals surface area contributed by atoms with Gasteiger partial charge in [-0.1, -0.05) is 6.07 Å². The summed E-state index contributed by atoms with van der Waals surface area (Å²) in [7, 11) is -4.04. The molecule has 0 saturated carbocycles. The maximum Gasteiger partial charge on any atom is 0.325 e. The van der Waals surface area contributed by atoms with E-state index in [2.05, 4.69) is 10.2 Å². The number of β-amino-alcohol motifs (C(OH)–C–C–N with tert-alkyl or cyclic N) is 1. The number of benzene rings is 2. The fourth-order valence-corrected chi connectivity index (χ4v) is 6.32. The number of sulfonamides is 1. The van der Waals surface area contributed by atoms with E-state index in [1.807, 2.05) is 19.1 Å². The standard InChI is InChI=1S/C26H33N3O6S/c1-18-6-11-23(14-19(18)2)36(33,34)29-16-22(30)15-24(29)26(32)35-17-25(31)27-20-7-9-21(10-8-20)28-12-4-3-5-13-28/h6-11,14,22,24,30H,3-5,12-13,15-17H2,1-2H3,(H,27,31)/t22-,24+/m0/s1. The number of aryl methyl sites for hydroxylation is 2. The lowest BCUT2D eigenvalue weighted by molar-refractivity contribution is -0.150. The minimum absolute atomic E-state index is 0.0447. The second-order valence-corrected chi connectivity index (χ2v) is 11.4. The summed E-state index contributed by atoms with van der Waals surface area (Å²) in [5.74, 6) is -1.40. The van der Waals surface area contributed by atoms with Gasteiger partial charge in [0.1, 0.15) is 6.04 Å². The van der Waals surface area contributed by atoms with Crippen LogP contribution in [-0.2, 0) is 24.3 Å². The Hall–Kier alpha value is -2.95. The average molecular weight is 516 g/mol. The third kappa shape index (κ3) is 5.88. The molecule has 10 heteroatoms. The average Bonchev–Trinajstić information content (AvgIpc) is 3.28. The first-order valence-corrected chi connectivity index (χ1v) is 13.7. The second kappa shape index (κ2) is 11.0. The van der Waals surface area contributed by atoms with Crippen molar-refractivity contribution in [3.8, 4) is 0 Å². The van der Waals surface area contributed by atoms with E-state index < -0.39 is 40.7 Å². The molecule has 2 aromatic carbocycles. The van der Waals surface area contributed by atoms with Crippen LogP contribution >= 0.6 is 0 Å². The first kappa shape index (κ1) is 26.1. The maximum absolute atomic E-state index is 13.2. The van der Waals surface area contributed by atoms with Crippen molar-refractivity contribution in [3.05, 3.63) is 53.6 Å². The van der Waals surface area contributed by atoms with Crippen molar-refractivity contribution in [2.24, 2.45) is 0 Å². The summed E-state index contributed by atoms with van der Waals surface area (Å²) in [5, 5.41) is 12.8. The molecule has 2 fully saturated rings. The van der Waals surface area contributed by atoms with Gasteiger partial charge in [-0.05, 0) is 80.6 Å². The van der Waals surface area contributed by atoms with Crippen LogP contribution in [0.15, 0.2) is 47.4 Å². The number of anilines is 2. The van der Waals surface area contributed by atoms with Crippen molar-refractivity contribution in [3.63, 3.8) is 0 Å². The number of nitrogens with zero attached hydrogens (tertiary/aromatic N) is 2. The van der Waals surface area contributed by atoms with E-state index in [0.29, 0.717) is 5.69 Å². The minimum atomic E-state index is -4.04. The molecule has 2 saturated heterocycles. The summed E-state index contributed by atoms with van der Waals surface area (Å²) in [6.07, 6.45) is 2.49. The number of ether oxygens (including phenoxy) is 1. The van der Waals surface area contributed by atoms with E-state index in [1.54, 1.807) is 31.2 Å². The SMILES string of the molecule is Cc1ccc(S(=O)(=O)N2C[C@@H](O)C[C@@H]2C(=O)OCC(=O)Nc2ccc(N3CCCCC3)cc2)cc1C. The molecule has 2 aliphatic heterocycles. The van der Waals surface area contributed by atoms with Crippen molar-refractivity contribution >= 4 is 33.3 Å². The topological polar surface area (TPSA) is 116 Å². The molecule has 0 radical (unpaired) electrons. The van der Waals surface area contributed by atoms with E-state index in [9.17, 15) is 23.1 Å². The molecule has 2 aromatic rings. The number of esters is 1. The largest absolute Gasteiger partial charge is 0.454 e. The zero-order chi connectivity index (χ0) is 25.9. The first-order chi connectivity index (χ1) is 17.1. The monoisotopic (exact) mass is 515 g/mol. The molecule has 0 bridgehead atoms. The quantitative estimate of drug-likeness (QED) is 0.545. The van der Waals surface area contributed by atoms with E-state index in [-0.39, 0.29) is 17.9 Å². The fourth-order valence-electron chi connectivity index (χ4n) is 4.61. The van der Waals surface area contributed by atoms with Gasteiger partial charge in [-0.2, -0.15) is 4.31 Å². The zero-order valence-electron chi connectivity index (χ0n) is 20.6. The lowest BCUT2D eigenvalue weighted by Crippen LogP contribution is -2.42. The number of hydrogen-bond acceptors (Lipinski definition) is 7. The van der Waals surface area contributed by atoms with Gasteiger partial charge in [-0.3, -0.25) is 9.59 Å². The van der Waals surface area contributed by atoms with Crippen LogP contribution in [-0.4, -0.2) is 68.1 Å². The molecule has 4 rings (SSSR count). The van der Waals surface area contributed by atoms with Crippen molar-refractivity contribution in [2.45, 2.75) is 56.6 Å². The van der Waals surface area contributed by atoms with Gasteiger partial charge in [0, 0.05) is 37.4 Å². The Morgan fingerprint density at radius 3 is 2.39 bits per heavy atom. The van der Waals surface area contributed by atoms with Crippen LogP contribution < -0.4 is 10.2 Å². The molecule has 0 spiro atoms. The molecule has 1 amide bonds. The van der Waals surface area contributed by atoms with Crippen LogP contribution in [0.2, 0.25) is 0 Å². The highest BCUT2D eigenvalue weighted by atomic mass is 32.2. The smallest absolute Gasteiger partial charge is 0.325 e. The third-order valence-corrected chi connectivity index (χ3v) is 8.68. The molecule has 2 atom stereocenters. The Morgan fingerprint density at radius 2 is 1.72 bits per heavy atom. The number of aliphatic hydroxyl groups excluding tert-OH is 1. The summed E-state index contributed by atoms with van der Waals surface area (Å²) < 4.78 is 32.5. The van der Waals surface area contributed by atoms with Crippen LogP contribution in [0.1, 0.15) is 36.8 Å². The normalized spacial score (nSPS) is 20.8. The highest BCUT2D eigenvalue weighted by Crippen LogP contribution is 2.28. The number of carbonyl (C=O) groups excluding carboxylic acids is 2. The molecular weight excluding hydrogens is 482 g/mol. The van der Waals surface area contributed by atoms with Gasteiger partial charge in [0.05, 0.1) is 11.0 Å². The number of hydrogen-bond donors (Lipinski definition) is 2. The molecule has 2 N–H and O–H groups in total. The van der Waals surface area contributed by atoms with Crippen LogP contribution in [0.5, 0.6) is 0 Å². The number of piperidine rings is 1. The molecule has 2 aliphatic rings. The molecule has 9 nitrogen and oxygen atoms in total. The first-order valence-electron chi connectivity index (χ1n) is 12.2. The molecular formula is C26H33N3O6S. The van der Waals surface area contributed by atoms with E-state index in [1.165, 1.54) is 25.3 Å². The lowest BCUT2D eigenvalue weighted by Gasteiger charge is -2.28. The predicted molar refractivity (Wildman–Crippen MR) is 136 cm³/mol. The van der Waals surface area contributed by atoms with Gasteiger partial charge in [-0.15, -0.1) is 0 Å². The number of nitrogens with one attached hydrogen (secondary N) is 1. The molecule has 2 heterocycles. The Kier molecular flexibility index (Phi) is 7.97. The van der Waals surface area contributed by atoms with E-state index in [4.69, 9.17) is 4.74 Å². The van der Waals surface area contributed by atoms with E-state index >= 15 is 0 Å². The summed E-state index contributed by atoms with van der Waals surface area (Å²) >= 11 is 0. The predicted octanol–water partition coefficient (Wildman–Crippen LogP) is 2.60. The zero-order valence-corrected chi connectivity index (χ0v) is 21.5. The molecule has 194 valence electrons. The van der Waals surface area contributed by atoms with Gasteiger partial charge in [0.2, 0.25) is 10.0 Å². The number of rotatable bonds is 7. The van der Waals surface area contributed by atoms with Crippen molar-refractivity contribution < 1.29 is 27.9 Å². The van der Waals surface area contributed by atoms with Crippen LogP contribution in [0.3, 0.4) is 0 Å². The van der Waals surface area contributed by atoms with Crippen molar-refractivity contribution in [1.29, 1.82) is 0 Å². The highest BCUT2D eigenvalue weighted by Gasteiger charge is 2.44. The van der Waals surface area contributed by atoms with Crippen LogP contribution in [0.4, 0.5) is 11.4 Å². The van der Waals surface area contributed by atoms with Gasteiger partial charge >= 0.3 is 5.97 Å². The van der Waals surface area contributed by atoms with Gasteiger partial charge in [0.15, 0.2) is 6.61 Å². The number of carbonyl (C=O) groups is 2. The van der Waals surface area contributed by atoms with Crippen LogP contribution in [0, 0.1) is 13.8 Å². The third-order valence-electron chi connectivity index (χ3n) is 6.81. The Morgan fingerprint density at radius 1 is 1.03 bits per heavy atom. The number of amides is 1. The Labute approximate surface area is 212 Å². The highest BCUT2D eigenvalue weighted by molar-refractivity contribution is 7.89. The van der Waals surface area contributed by atoms with Gasteiger partial charge in [0.25, 0.3) is 5.91 Å². The van der Waals surface area contributed by atoms with Crippen LogP contribution in [0.25, 0.3) is 0 Å². The fraction of sp³-hybridized carbons (Fsp3) is 0.462. The molecule has 0 aliphatic carbocycles. The van der Waals surface area contributed by atoms with Gasteiger partial charge in [-0.25, -0.2) is 8.42 Å². The second-order valence-electron chi connectivity index (χ2n) is 9.48. The molecule has 0 unspecified atom stereocenters. The summed E-state index contributed by atoms with van der Waals surface area (Å²) in [6.45, 7) is 4.95. The van der Waals surface area contributed by atoms with Crippen molar-refractivity contribution in [1.82, 2.24) is 4.31 Å². The van der Waals surface area contributed by atoms with E-state index in [0.717, 1.165) is 34.2 Å². The van der Waals surface area contributed by atoms with Crippen molar-refractivity contribution in [2.75, 3.05) is 36.5 Å². The Bertz CT molecular complexity index is 1210. The molecule has 36 heavy (non-hydrogen) atoms. The lowest BCUT2D eigenvalue weighted by atomic mass is 10.1. The molecule has 0 aromatic heterocycles. The maximum atomic E-state index is 13.2. The summed E-state index contributed by atoms with van der Waals surface area (Å²) in [5.41, 5.74) is 3.42. The summed E-state index contributed by atoms with van der Waals surface area (Å²) in [4.78, 5) is 27.5. The van der Waals surface area contributed by atoms with Gasteiger partial charge < -0.3 is 20.1 Å². The summed E-state index contributed by atoms with van der Waals surface area (Å²) in [6, 6.07) is 11.0.